The van der Waals surface area contributed by atoms with Gasteiger partial charge >= 0.3 is 7.60 Å². The summed E-state index contributed by atoms with van der Waals surface area (Å²) in [5.41, 5.74) is 0. The molecule has 6 heteroatoms. The van der Waals surface area contributed by atoms with Crippen molar-refractivity contribution in [1.29, 1.82) is 0 Å². The smallest absolute Gasteiger partial charge is 0.308 e. The van der Waals surface area contributed by atoms with E-state index in [9.17, 15) is 4.57 Å². The van der Waals surface area contributed by atoms with Crippen molar-refractivity contribution in [1.82, 2.24) is 5.32 Å². The average molecular weight is 307 g/mol. The fourth-order valence-electron chi connectivity index (χ4n) is 3.21. The van der Waals surface area contributed by atoms with Crippen LogP contribution in [0, 0.1) is 0 Å². The van der Waals surface area contributed by atoms with Crippen LogP contribution in [0.1, 0.15) is 53.4 Å². The van der Waals surface area contributed by atoms with Crippen LogP contribution in [0.15, 0.2) is 0 Å². The first-order valence-electron chi connectivity index (χ1n) is 7.24. The molecule has 0 aromatic heterocycles. The summed E-state index contributed by atoms with van der Waals surface area (Å²) in [4.78, 5) is 0.0814. The summed E-state index contributed by atoms with van der Waals surface area (Å²) in [6, 6.07) is 0. The topological polar surface area (TPSA) is 47.6 Å². The molecule has 0 amide bonds. The fourth-order valence-corrected chi connectivity index (χ4v) is 7.95. The summed E-state index contributed by atoms with van der Waals surface area (Å²) in [7, 11) is -3.10. The second-order valence-corrected chi connectivity index (χ2v) is 9.98. The summed E-state index contributed by atoms with van der Waals surface area (Å²) >= 11 is 1.92. The summed E-state index contributed by atoms with van der Waals surface area (Å²) in [6.07, 6.45) is 4.79. The fraction of sp³-hybridized carbons (Fsp3) is 1.00. The van der Waals surface area contributed by atoms with E-state index >= 15 is 0 Å². The van der Waals surface area contributed by atoms with Crippen LogP contribution < -0.4 is 5.32 Å². The normalized spacial score (nSPS) is 29.2. The van der Waals surface area contributed by atoms with E-state index in [4.69, 9.17) is 9.05 Å². The zero-order chi connectivity index (χ0) is 14.1. The Bertz CT molecular complexity index is 359. The molecule has 112 valence electrons. The van der Waals surface area contributed by atoms with Gasteiger partial charge in [-0.15, -0.1) is 11.8 Å². The molecule has 1 aliphatic heterocycles. The predicted molar refractivity (Wildman–Crippen MR) is 80.7 cm³/mol. The molecule has 1 heterocycles. The van der Waals surface area contributed by atoms with Gasteiger partial charge in [-0.25, -0.2) is 0 Å². The average Bonchev–Trinajstić information content (AvgIpc) is 2.85. The minimum atomic E-state index is -3.10. The lowest BCUT2D eigenvalue weighted by Crippen LogP contribution is -2.43. The Hall–Kier alpha value is 0.460. The van der Waals surface area contributed by atoms with Gasteiger partial charge in [0.15, 0.2) is 0 Å². The molecule has 4 nitrogen and oxygen atoms in total. The van der Waals surface area contributed by atoms with Crippen molar-refractivity contribution in [2.45, 2.75) is 68.8 Å². The van der Waals surface area contributed by atoms with Gasteiger partial charge in [-0.3, -0.25) is 9.88 Å². The molecular weight excluding hydrogens is 281 g/mol. The third kappa shape index (κ3) is 3.06. The standard InChI is InChI=1S/C13H26NO3PS/c1-5-16-18(15,17-6-2)11-12(3,4)19-13(14-11)9-7-8-10-13/h11,14H,5-10H2,1-4H3. The van der Waals surface area contributed by atoms with E-state index in [1.807, 2.05) is 25.6 Å². The lowest BCUT2D eigenvalue weighted by molar-refractivity contribution is 0.201. The Morgan fingerprint density at radius 3 is 2.21 bits per heavy atom. The molecule has 1 atom stereocenters. The zero-order valence-corrected chi connectivity index (χ0v) is 14.1. The quantitative estimate of drug-likeness (QED) is 0.779. The van der Waals surface area contributed by atoms with Gasteiger partial charge in [-0.1, -0.05) is 12.8 Å². The van der Waals surface area contributed by atoms with Crippen LogP contribution in [0.4, 0.5) is 0 Å². The summed E-state index contributed by atoms with van der Waals surface area (Å²) < 4.78 is 24.0. The first-order chi connectivity index (χ1) is 8.87. The molecule has 0 bridgehead atoms. The van der Waals surface area contributed by atoms with Crippen molar-refractivity contribution in [3.8, 4) is 0 Å². The van der Waals surface area contributed by atoms with Crippen molar-refractivity contribution in [3.63, 3.8) is 0 Å². The van der Waals surface area contributed by atoms with Crippen LogP contribution in [0.3, 0.4) is 0 Å². The van der Waals surface area contributed by atoms with Gasteiger partial charge in [0, 0.05) is 4.75 Å². The maximum Gasteiger partial charge on any atom is 0.348 e. The van der Waals surface area contributed by atoms with Crippen LogP contribution in [-0.2, 0) is 13.6 Å². The highest BCUT2D eigenvalue weighted by Crippen LogP contribution is 2.65. The van der Waals surface area contributed by atoms with E-state index in [0.29, 0.717) is 13.2 Å². The van der Waals surface area contributed by atoms with E-state index in [1.54, 1.807) is 0 Å². The van der Waals surface area contributed by atoms with E-state index < -0.39 is 7.60 Å². The first-order valence-corrected chi connectivity index (χ1v) is 9.67. The van der Waals surface area contributed by atoms with E-state index in [-0.39, 0.29) is 15.4 Å². The zero-order valence-electron chi connectivity index (χ0n) is 12.4. The maximum atomic E-state index is 13.1. The molecule has 1 saturated heterocycles. The lowest BCUT2D eigenvalue weighted by Gasteiger charge is -2.31. The highest BCUT2D eigenvalue weighted by Gasteiger charge is 2.58. The molecule has 1 unspecified atom stereocenters. The summed E-state index contributed by atoms with van der Waals surface area (Å²) in [5.74, 6) is -0.219. The lowest BCUT2D eigenvalue weighted by atomic mass is 10.2. The van der Waals surface area contributed by atoms with E-state index in [2.05, 4.69) is 19.2 Å². The van der Waals surface area contributed by atoms with Crippen molar-refractivity contribution in [2.75, 3.05) is 13.2 Å². The monoisotopic (exact) mass is 307 g/mol. The molecule has 1 saturated carbocycles. The third-order valence-electron chi connectivity index (χ3n) is 3.86. The molecule has 2 rings (SSSR count). The number of hydrogen-bond donors (Lipinski definition) is 1. The number of rotatable bonds is 5. The van der Waals surface area contributed by atoms with Gasteiger partial charge < -0.3 is 9.05 Å². The van der Waals surface area contributed by atoms with Gasteiger partial charge in [-0.05, 0) is 40.5 Å². The molecule has 0 radical (unpaired) electrons. The van der Waals surface area contributed by atoms with Gasteiger partial charge in [0.05, 0.1) is 18.1 Å². The molecule has 2 aliphatic rings. The second kappa shape index (κ2) is 5.69. The highest BCUT2D eigenvalue weighted by atomic mass is 32.2. The summed E-state index contributed by atoms with van der Waals surface area (Å²) in [6.45, 7) is 8.87. The molecule has 0 aromatic carbocycles. The van der Waals surface area contributed by atoms with Crippen molar-refractivity contribution >= 4 is 19.4 Å². The van der Waals surface area contributed by atoms with Crippen LogP contribution in [-0.4, -0.2) is 28.6 Å². The maximum absolute atomic E-state index is 13.1. The van der Waals surface area contributed by atoms with Gasteiger partial charge in [0.25, 0.3) is 0 Å². The minimum absolute atomic E-state index is 0.0814. The molecule has 1 aliphatic carbocycles. The molecule has 0 aromatic rings. The third-order valence-corrected chi connectivity index (χ3v) is 8.36. The van der Waals surface area contributed by atoms with Crippen molar-refractivity contribution in [3.05, 3.63) is 0 Å². The summed E-state index contributed by atoms with van der Waals surface area (Å²) in [5, 5.41) is 3.62. The first kappa shape index (κ1) is 15.8. The Morgan fingerprint density at radius 2 is 1.74 bits per heavy atom. The largest absolute Gasteiger partial charge is 0.348 e. The molecule has 2 fully saturated rings. The van der Waals surface area contributed by atoms with E-state index in [1.165, 1.54) is 12.8 Å². The van der Waals surface area contributed by atoms with Gasteiger partial charge in [-0.2, -0.15) is 0 Å². The Kier molecular flexibility index (Phi) is 4.74. The van der Waals surface area contributed by atoms with Gasteiger partial charge in [0.1, 0.15) is 5.78 Å². The van der Waals surface area contributed by atoms with Crippen LogP contribution >= 0.6 is 19.4 Å². The predicted octanol–water partition coefficient (Wildman–Crippen LogP) is 3.96. The Morgan fingerprint density at radius 1 is 1.21 bits per heavy atom. The van der Waals surface area contributed by atoms with Crippen LogP contribution in [0.25, 0.3) is 0 Å². The Balaban J connectivity index is 2.24. The number of hydrogen-bond acceptors (Lipinski definition) is 5. The minimum Gasteiger partial charge on any atom is -0.308 e. The highest BCUT2D eigenvalue weighted by molar-refractivity contribution is 8.02. The van der Waals surface area contributed by atoms with Gasteiger partial charge in [0.2, 0.25) is 0 Å². The van der Waals surface area contributed by atoms with Crippen LogP contribution in [0.5, 0.6) is 0 Å². The van der Waals surface area contributed by atoms with Crippen molar-refractivity contribution < 1.29 is 13.6 Å². The number of thioether (sulfide) groups is 1. The van der Waals surface area contributed by atoms with Crippen LogP contribution in [0.2, 0.25) is 0 Å². The molecule has 19 heavy (non-hydrogen) atoms. The van der Waals surface area contributed by atoms with E-state index in [0.717, 1.165) is 12.8 Å². The Labute approximate surface area is 120 Å². The molecular formula is C13H26NO3PS. The van der Waals surface area contributed by atoms with Crippen molar-refractivity contribution in [2.24, 2.45) is 0 Å². The second-order valence-electron chi connectivity index (χ2n) is 5.83. The molecule has 1 spiro atoms. The molecule has 1 N–H and O–H groups in total. The number of nitrogens with one attached hydrogen (secondary N) is 1. The SMILES string of the molecule is CCOP(=O)(OCC)C1NC2(CCCC2)SC1(C)C.